The second-order valence-corrected chi connectivity index (χ2v) is 7.67. The van der Waals surface area contributed by atoms with Crippen molar-refractivity contribution in [2.75, 3.05) is 16.8 Å². The molecule has 1 saturated heterocycles. The minimum atomic E-state index is -4.62. The molecular formula is C22H21F3N4O3. The smallest absolute Gasteiger partial charge is 0.417 e. The van der Waals surface area contributed by atoms with E-state index in [2.05, 4.69) is 15.3 Å². The lowest BCUT2D eigenvalue weighted by molar-refractivity contribution is -0.137. The molecule has 0 saturated carbocycles. The Hall–Kier alpha value is -3.40. The highest BCUT2D eigenvalue weighted by Crippen LogP contribution is 2.36. The van der Waals surface area contributed by atoms with Crippen molar-refractivity contribution in [3.8, 4) is 11.3 Å². The van der Waals surface area contributed by atoms with Crippen molar-refractivity contribution in [2.24, 2.45) is 0 Å². The summed E-state index contributed by atoms with van der Waals surface area (Å²) in [5.41, 5.74) is -0.339. The summed E-state index contributed by atoms with van der Waals surface area (Å²) in [6.07, 6.45) is -0.296. The highest BCUT2D eigenvalue weighted by atomic mass is 19.4. The van der Waals surface area contributed by atoms with Crippen LogP contribution in [0.4, 0.5) is 24.7 Å². The zero-order chi connectivity index (χ0) is 22.9. The number of rotatable bonds is 4. The van der Waals surface area contributed by atoms with Gasteiger partial charge in [-0.25, -0.2) is 4.98 Å². The number of aliphatic hydroxyl groups excluding tert-OH is 1. The Kier molecular flexibility index (Phi) is 5.88. The first-order valence-corrected chi connectivity index (χ1v) is 10.1. The SMILES string of the molecule is C[C@H]1C[C@@H](O)CCN1c1ncc(C(F)(F)F)cc1NC(=O)c1ccc(-c2ccncc2)o1. The minimum absolute atomic E-state index is 0.0534. The third kappa shape index (κ3) is 4.59. The third-order valence-electron chi connectivity index (χ3n) is 5.36. The van der Waals surface area contributed by atoms with E-state index in [4.69, 9.17) is 4.42 Å². The van der Waals surface area contributed by atoms with Crippen LogP contribution in [0.5, 0.6) is 0 Å². The van der Waals surface area contributed by atoms with Gasteiger partial charge < -0.3 is 19.7 Å². The van der Waals surface area contributed by atoms with Crippen molar-refractivity contribution in [1.29, 1.82) is 0 Å². The molecule has 3 aromatic heterocycles. The number of nitrogens with one attached hydrogen (secondary N) is 1. The van der Waals surface area contributed by atoms with Crippen LogP contribution in [0.25, 0.3) is 11.3 Å². The molecule has 3 aromatic rings. The number of hydrogen-bond donors (Lipinski definition) is 2. The molecule has 0 bridgehead atoms. The van der Waals surface area contributed by atoms with Gasteiger partial charge in [0, 0.05) is 36.7 Å². The summed E-state index contributed by atoms with van der Waals surface area (Å²) < 4.78 is 45.5. The van der Waals surface area contributed by atoms with Crippen molar-refractivity contribution in [1.82, 2.24) is 9.97 Å². The molecule has 2 atom stereocenters. The number of pyridine rings is 2. The van der Waals surface area contributed by atoms with Crippen LogP contribution < -0.4 is 10.2 Å². The van der Waals surface area contributed by atoms with E-state index < -0.39 is 23.8 Å². The van der Waals surface area contributed by atoms with Crippen molar-refractivity contribution in [2.45, 2.75) is 38.1 Å². The number of hydrogen-bond acceptors (Lipinski definition) is 6. The molecule has 1 aliphatic rings. The Morgan fingerprint density at radius 1 is 1.25 bits per heavy atom. The first-order chi connectivity index (χ1) is 15.2. The van der Waals surface area contributed by atoms with Gasteiger partial charge in [-0.2, -0.15) is 13.2 Å². The van der Waals surface area contributed by atoms with Crippen molar-refractivity contribution >= 4 is 17.4 Å². The predicted octanol–water partition coefficient (Wildman–Crippen LogP) is 4.36. The number of piperidine rings is 1. The van der Waals surface area contributed by atoms with Crippen LogP contribution in [-0.2, 0) is 6.18 Å². The first kappa shape index (κ1) is 21.8. The van der Waals surface area contributed by atoms with E-state index in [0.29, 0.717) is 30.7 Å². The van der Waals surface area contributed by atoms with Gasteiger partial charge in [0.15, 0.2) is 11.6 Å². The average molecular weight is 446 g/mol. The highest BCUT2D eigenvalue weighted by Gasteiger charge is 2.34. The van der Waals surface area contributed by atoms with E-state index >= 15 is 0 Å². The van der Waals surface area contributed by atoms with Crippen LogP contribution in [0.3, 0.4) is 0 Å². The number of aromatic nitrogens is 2. The van der Waals surface area contributed by atoms with E-state index in [0.717, 1.165) is 12.3 Å². The predicted molar refractivity (Wildman–Crippen MR) is 111 cm³/mol. The monoisotopic (exact) mass is 446 g/mol. The molecule has 4 rings (SSSR count). The van der Waals surface area contributed by atoms with E-state index in [9.17, 15) is 23.1 Å². The summed E-state index contributed by atoms with van der Waals surface area (Å²) in [4.78, 5) is 22.5. The Balaban J connectivity index is 1.64. The van der Waals surface area contributed by atoms with Gasteiger partial charge in [0.2, 0.25) is 0 Å². The Morgan fingerprint density at radius 3 is 2.69 bits per heavy atom. The van der Waals surface area contributed by atoms with Gasteiger partial charge in [-0.05, 0) is 50.1 Å². The van der Waals surface area contributed by atoms with Crippen LogP contribution in [-0.4, -0.2) is 39.7 Å². The van der Waals surface area contributed by atoms with Crippen molar-refractivity contribution in [3.63, 3.8) is 0 Å². The summed E-state index contributed by atoms with van der Waals surface area (Å²) in [6.45, 7) is 2.25. The number of furan rings is 1. The van der Waals surface area contributed by atoms with Crippen LogP contribution in [0, 0.1) is 0 Å². The molecule has 1 aliphatic heterocycles. The maximum Gasteiger partial charge on any atom is 0.417 e. The molecular weight excluding hydrogens is 425 g/mol. The largest absolute Gasteiger partial charge is 0.451 e. The Morgan fingerprint density at radius 2 is 2.00 bits per heavy atom. The van der Waals surface area contributed by atoms with Gasteiger partial charge >= 0.3 is 6.18 Å². The zero-order valence-electron chi connectivity index (χ0n) is 17.1. The third-order valence-corrected chi connectivity index (χ3v) is 5.36. The van der Waals surface area contributed by atoms with Gasteiger partial charge in [-0.3, -0.25) is 9.78 Å². The molecule has 1 amide bonds. The number of alkyl halides is 3. The van der Waals surface area contributed by atoms with Crippen LogP contribution in [0.2, 0.25) is 0 Å². The maximum atomic E-state index is 13.3. The van der Waals surface area contributed by atoms with Crippen molar-refractivity contribution in [3.05, 3.63) is 60.2 Å². The maximum absolute atomic E-state index is 13.3. The molecule has 0 radical (unpaired) electrons. The molecule has 0 aliphatic carbocycles. The number of nitrogens with zero attached hydrogens (tertiary/aromatic N) is 3. The van der Waals surface area contributed by atoms with Gasteiger partial charge in [-0.1, -0.05) is 0 Å². The molecule has 0 aromatic carbocycles. The van der Waals surface area contributed by atoms with Crippen LogP contribution in [0.1, 0.15) is 35.9 Å². The van der Waals surface area contributed by atoms with E-state index in [1.165, 1.54) is 6.07 Å². The lowest BCUT2D eigenvalue weighted by Gasteiger charge is -2.37. The number of carbonyl (C=O) groups excluding carboxylic acids is 1. The minimum Gasteiger partial charge on any atom is -0.451 e. The molecule has 168 valence electrons. The number of anilines is 2. The molecule has 32 heavy (non-hydrogen) atoms. The second kappa shape index (κ2) is 8.62. The van der Waals surface area contributed by atoms with Crippen LogP contribution in [0.15, 0.2) is 53.3 Å². The average Bonchev–Trinajstić information content (AvgIpc) is 3.25. The molecule has 1 fully saturated rings. The normalized spacial score (nSPS) is 19.1. The lowest BCUT2D eigenvalue weighted by Crippen LogP contribution is -2.43. The number of amides is 1. The van der Waals surface area contributed by atoms with Gasteiger partial charge in [0.1, 0.15) is 5.76 Å². The summed E-state index contributed by atoms with van der Waals surface area (Å²) in [6, 6.07) is 7.17. The molecule has 0 spiro atoms. The van der Waals surface area contributed by atoms with E-state index in [1.54, 1.807) is 35.5 Å². The fourth-order valence-electron chi connectivity index (χ4n) is 3.71. The number of carbonyl (C=O) groups is 1. The van der Waals surface area contributed by atoms with E-state index in [-0.39, 0.29) is 23.3 Å². The molecule has 4 heterocycles. The topological polar surface area (TPSA) is 91.5 Å². The van der Waals surface area contributed by atoms with E-state index in [1.807, 2.05) is 6.92 Å². The zero-order valence-corrected chi connectivity index (χ0v) is 17.1. The second-order valence-electron chi connectivity index (χ2n) is 7.67. The first-order valence-electron chi connectivity index (χ1n) is 10.1. The van der Waals surface area contributed by atoms with Gasteiger partial charge in [0.25, 0.3) is 5.91 Å². The summed E-state index contributed by atoms with van der Waals surface area (Å²) in [5.74, 6) is -0.107. The quantitative estimate of drug-likeness (QED) is 0.619. The highest BCUT2D eigenvalue weighted by molar-refractivity contribution is 6.04. The number of aliphatic hydroxyl groups is 1. The Bertz CT molecular complexity index is 1100. The molecule has 0 unspecified atom stereocenters. The lowest BCUT2D eigenvalue weighted by atomic mass is 10.0. The van der Waals surface area contributed by atoms with Gasteiger partial charge in [-0.15, -0.1) is 0 Å². The van der Waals surface area contributed by atoms with Gasteiger partial charge in [0.05, 0.1) is 17.4 Å². The fourth-order valence-corrected chi connectivity index (χ4v) is 3.71. The fraction of sp³-hybridized carbons (Fsp3) is 0.318. The van der Waals surface area contributed by atoms with Crippen molar-refractivity contribution < 1.29 is 27.5 Å². The van der Waals surface area contributed by atoms with Crippen LogP contribution >= 0.6 is 0 Å². The molecule has 2 N–H and O–H groups in total. The summed E-state index contributed by atoms with van der Waals surface area (Å²) >= 11 is 0. The summed E-state index contributed by atoms with van der Waals surface area (Å²) in [5, 5.41) is 12.4. The molecule has 7 nitrogen and oxygen atoms in total. The standard InChI is InChI=1S/C22H21F3N4O3/c1-13-10-16(30)6-9-29(13)20-17(11-15(12-27-20)22(23,24)25)28-21(31)19-3-2-18(32-19)14-4-7-26-8-5-14/h2-5,7-8,11-13,16,30H,6,9-10H2,1H3,(H,28,31)/t13-,16-/m0/s1. The Labute approximate surface area is 181 Å². The summed E-state index contributed by atoms with van der Waals surface area (Å²) in [7, 11) is 0. The molecule has 10 heteroatoms. The number of halogens is 3.